The number of ether oxygens (including phenoxy) is 1. The largest absolute Gasteiger partial charge is 0.370 e. The standard InChI is InChI=1S/C23H25N3O2/c1-17-6-8-18(9-7-17)22-16-20(19-4-2-3-5-21(19)25-22)23(27)24-10-11-26-12-14-28-15-13-26/h2-9,16H,10-15H2,1H3,(H,24,27)/p+1. The molecule has 1 aromatic heterocycles. The zero-order valence-corrected chi connectivity index (χ0v) is 16.2. The minimum absolute atomic E-state index is 0.0420. The first-order chi connectivity index (χ1) is 13.7. The molecule has 5 nitrogen and oxygen atoms in total. The third kappa shape index (κ3) is 4.21. The number of quaternary nitrogens is 1. The third-order valence-corrected chi connectivity index (χ3v) is 5.27. The van der Waals surface area contributed by atoms with E-state index in [0.29, 0.717) is 12.1 Å². The maximum atomic E-state index is 13.0. The lowest BCUT2D eigenvalue weighted by atomic mass is 10.0. The van der Waals surface area contributed by atoms with Gasteiger partial charge in [-0.3, -0.25) is 4.79 Å². The van der Waals surface area contributed by atoms with Gasteiger partial charge in [0.1, 0.15) is 13.1 Å². The molecule has 5 heteroatoms. The summed E-state index contributed by atoms with van der Waals surface area (Å²) in [6.07, 6.45) is 0. The van der Waals surface area contributed by atoms with Gasteiger partial charge in [0.15, 0.2) is 0 Å². The number of benzene rings is 2. The minimum Gasteiger partial charge on any atom is -0.370 e. The molecule has 0 spiro atoms. The molecule has 1 aliphatic rings. The number of carbonyl (C=O) groups is 1. The van der Waals surface area contributed by atoms with E-state index in [1.165, 1.54) is 10.5 Å². The van der Waals surface area contributed by atoms with Gasteiger partial charge in [-0.1, -0.05) is 48.0 Å². The molecule has 2 N–H and O–H groups in total. The maximum absolute atomic E-state index is 13.0. The summed E-state index contributed by atoms with van der Waals surface area (Å²) in [7, 11) is 0. The van der Waals surface area contributed by atoms with E-state index in [-0.39, 0.29) is 5.91 Å². The number of hydrogen-bond donors (Lipinski definition) is 2. The second-order valence-corrected chi connectivity index (χ2v) is 7.31. The molecule has 1 saturated heterocycles. The molecule has 0 unspecified atom stereocenters. The monoisotopic (exact) mass is 376 g/mol. The zero-order valence-electron chi connectivity index (χ0n) is 16.2. The molecule has 2 aromatic carbocycles. The number of aryl methyl sites for hydroxylation is 1. The zero-order chi connectivity index (χ0) is 19.3. The number of rotatable bonds is 5. The van der Waals surface area contributed by atoms with E-state index in [1.807, 2.05) is 30.3 Å². The summed E-state index contributed by atoms with van der Waals surface area (Å²) >= 11 is 0. The van der Waals surface area contributed by atoms with E-state index in [9.17, 15) is 4.79 Å². The van der Waals surface area contributed by atoms with Gasteiger partial charge in [0.25, 0.3) is 5.91 Å². The Bertz CT molecular complexity index is 963. The quantitative estimate of drug-likeness (QED) is 0.715. The summed E-state index contributed by atoms with van der Waals surface area (Å²) in [5.41, 5.74) is 4.56. The van der Waals surface area contributed by atoms with Crippen LogP contribution in [0.1, 0.15) is 15.9 Å². The van der Waals surface area contributed by atoms with Crippen LogP contribution in [-0.2, 0) is 4.74 Å². The number of amides is 1. The maximum Gasteiger partial charge on any atom is 0.252 e. The summed E-state index contributed by atoms with van der Waals surface area (Å²) in [6.45, 7) is 7.26. The first-order valence-corrected chi connectivity index (χ1v) is 9.87. The van der Waals surface area contributed by atoms with E-state index >= 15 is 0 Å². The number of morpholine rings is 1. The van der Waals surface area contributed by atoms with E-state index < -0.39 is 0 Å². The Morgan fingerprint density at radius 2 is 1.86 bits per heavy atom. The Morgan fingerprint density at radius 1 is 1.11 bits per heavy atom. The summed E-state index contributed by atoms with van der Waals surface area (Å²) in [6, 6.07) is 18.0. The van der Waals surface area contributed by atoms with Gasteiger partial charge >= 0.3 is 0 Å². The van der Waals surface area contributed by atoms with Crippen LogP contribution >= 0.6 is 0 Å². The van der Waals surface area contributed by atoms with Crippen LogP contribution in [0.15, 0.2) is 54.6 Å². The Kier molecular flexibility index (Phi) is 5.65. The molecular weight excluding hydrogens is 350 g/mol. The molecule has 1 aliphatic heterocycles. The number of hydrogen-bond acceptors (Lipinski definition) is 3. The first kappa shape index (κ1) is 18.6. The number of para-hydroxylation sites is 1. The number of nitrogens with one attached hydrogen (secondary N) is 2. The van der Waals surface area contributed by atoms with Crippen LogP contribution in [-0.4, -0.2) is 50.3 Å². The molecule has 1 amide bonds. The van der Waals surface area contributed by atoms with Gasteiger partial charge in [0.2, 0.25) is 0 Å². The molecule has 144 valence electrons. The predicted octanol–water partition coefficient (Wildman–Crippen LogP) is 1.86. The fourth-order valence-corrected chi connectivity index (χ4v) is 3.59. The second-order valence-electron chi connectivity index (χ2n) is 7.31. The van der Waals surface area contributed by atoms with Crippen molar-refractivity contribution >= 4 is 16.8 Å². The van der Waals surface area contributed by atoms with Crippen molar-refractivity contribution in [3.8, 4) is 11.3 Å². The van der Waals surface area contributed by atoms with Crippen LogP contribution in [0.2, 0.25) is 0 Å². The molecule has 0 aliphatic carbocycles. The summed E-state index contributed by atoms with van der Waals surface area (Å²) in [5.74, 6) is -0.0420. The Morgan fingerprint density at radius 3 is 2.64 bits per heavy atom. The van der Waals surface area contributed by atoms with Gasteiger partial charge in [0.05, 0.1) is 43.1 Å². The number of fused-ring (bicyclic) bond motifs is 1. The van der Waals surface area contributed by atoms with Gasteiger partial charge in [-0.25, -0.2) is 4.98 Å². The fourth-order valence-electron chi connectivity index (χ4n) is 3.59. The average Bonchev–Trinajstić information content (AvgIpc) is 2.74. The topological polar surface area (TPSA) is 55.7 Å². The molecule has 28 heavy (non-hydrogen) atoms. The summed E-state index contributed by atoms with van der Waals surface area (Å²) in [4.78, 5) is 19.2. The molecule has 3 aromatic rings. The molecular formula is C23H26N3O2+. The Balaban J connectivity index is 1.57. The van der Waals surface area contributed by atoms with Crippen molar-refractivity contribution in [1.82, 2.24) is 10.3 Å². The normalized spacial score (nSPS) is 14.9. The molecule has 0 radical (unpaired) electrons. The van der Waals surface area contributed by atoms with Crippen molar-refractivity contribution in [2.75, 3.05) is 39.4 Å². The average molecular weight is 376 g/mol. The summed E-state index contributed by atoms with van der Waals surface area (Å²) in [5, 5.41) is 3.98. The second kappa shape index (κ2) is 8.50. The van der Waals surface area contributed by atoms with Crippen LogP contribution in [0.25, 0.3) is 22.2 Å². The van der Waals surface area contributed by atoms with E-state index in [2.05, 4.69) is 36.5 Å². The highest BCUT2D eigenvalue weighted by Gasteiger charge is 2.16. The molecule has 4 rings (SSSR count). The lowest BCUT2D eigenvalue weighted by molar-refractivity contribution is -0.906. The van der Waals surface area contributed by atoms with Crippen molar-refractivity contribution in [3.05, 3.63) is 65.7 Å². The van der Waals surface area contributed by atoms with E-state index in [1.54, 1.807) is 0 Å². The highest BCUT2D eigenvalue weighted by Crippen LogP contribution is 2.25. The number of nitrogens with zero attached hydrogens (tertiary/aromatic N) is 1. The Hall–Kier alpha value is -2.76. The fraction of sp³-hybridized carbons (Fsp3) is 0.304. The van der Waals surface area contributed by atoms with Crippen molar-refractivity contribution in [2.24, 2.45) is 0 Å². The van der Waals surface area contributed by atoms with Crippen LogP contribution < -0.4 is 10.2 Å². The minimum atomic E-state index is -0.0420. The van der Waals surface area contributed by atoms with Crippen LogP contribution in [0.4, 0.5) is 0 Å². The number of carbonyl (C=O) groups excluding carboxylic acids is 1. The van der Waals surface area contributed by atoms with Gasteiger partial charge < -0.3 is 15.0 Å². The smallest absolute Gasteiger partial charge is 0.252 e. The first-order valence-electron chi connectivity index (χ1n) is 9.87. The van der Waals surface area contributed by atoms with Crippen LogP contribution in [0.5, 0.6) is 0 Å². The van der Waals surface area contributed by atoms with E-state index in [0.717, 1.165) is 55.0 Å². The summed E-state index contributed by atoms with van der Waals surface area (Å²) < 4.78 is 5.39. The van der Waals surface area contributed by atoms with Gasteiger partial charge in [-0.05, 0) is 19.1 Å². The van der Waals surface area contributed by atoms with E-state index in [4.69, 9.17) is 9.72 Å². The predicted molar refractivity (Wildman–Crippen MR) is 111 cm³/mol. The number of aromatic nitrogens is 1. The highest BCUT2D eigenvalue weighted by molar-refractivity contribution is 6.07. The Labute approximate surface area is 165 Å². The van der Waals surface area contributed by atoms with Gasteiger partial charge in [-0.2, -0.15) is 0 Å². The lowest BCUT2D eigenvalue weighted by Crippen LogP contribution is -3.14. The van der Waals surface area contributed by atoms with Crippen molar-refractivity contribution in [1.29, 1.82) is 0 Å². The van der Waals surface area contributed by atoms with Crippen molar-refractivity contribution in [3.63, 3.8) is 0 Å². The molecule has 2 heterocycles. The van der Waals surface area contributed by atoms with Gasteiger partial charge in [0, 0.05) is 10.9 Å². The lowest BCUT2D eigenvalue weighted by Gasteiger charge is -2.23. The highest BCUT2D eigenvalue weighted by atomic mass is 16.5. The number of pyridine rings is 1. The molecule has 0 saturated carbocycles. The molecule has 0 atom stereocenters. The molecule has 0 bridgehead atoms. The SMILES string of the molecule is Cc1ccc(-c2cc(C(=O)NCC[NH+]3CCOCC3)c3ccccc3n2)cc1. The van der Waals surface area contributed by atoms with Crippen LogP contribution in [0, 0.1) is 6.92 Å². The third-order valence-electron chi connectivity index (χ3n) is 5.27. The molecule has 1 fully saturated rings. The van der Waals surface area contributed by atoms with Crippen LogP contribution in [0.3, 0.4) is 0 Å². The van der Waals surface area contributed by atoms with Gasteiger partial charge in [-0.15, -0.1) is 0 Å². The van der Waals surface area contributed by atoms with Crippen molar-refractivity contribution < 1.29 is 14.4 Å². The van der Waals surface area contributed by atoms with Crippen molar-refractivity contribution in [2.45, 2.75) is 6.92 Å².